The lowest BCUT2D eigenvalue weighted by molar-refractivity contribution is -0.126. The predicted octanol–water partition coefficient (Wildman–Crippen LogP) is 2.03. The summed E-state index contributed by atoms with van der Waals surface area (Å²) in [7, 11) is 2.02. The van der Waals surface area contributed by atoms with Crippen LogP contribution in [0.2, 0.25) is 0 Å². The summed E-state index contributed by atoms with van der Waals surface area (Å²) in [4.78, 5) is 17.5. The van der Waals surface area contributed by atoms with E-state index in [1.165, 1.54) is 12.8 Å². The van der Waals surface area contributed by atoms with Crippen LogP contribution in [-0.2, 0) is 4.79 Å². The van der Waals surface area contributed by atoms with Crippen LogP contribution in [0.1, 0.15) is 37.8 Å². The third-order valence-electron chi connectivity index (χ3n) is 4.93. The van der Waals surface area contributed by atoms with Gasteiger partial charge in [-0.25, -0.2) is 0 Å². The summed E-state index contributed by atoms with van der Waals surface area (Å²) in [5, 5.41) is 3.28. The van der Waals surface area contributed by atoms with Gasteiger partial charge in [-0.3, -0.25) is 14.6 Å². The normalized spacial score (nSPS) is 23.7. The Balaban J connectivity index is 1.64. The number of hydrogen-bond acceptors (Lipinski definition) is 3. The van der Waals surface area contributed by atoms with Gasteiger partial charge in [0.2, 0.25) is 5.91 Å². The van der Waals surface area contributed by atoms with E-state index in [4.69, 9.17) is 0 Å². The van der Waals surface area contributed by atoms with Gasteiger partial charge in [0, 0.05) is 25.2 Å². The standard InChI is InChI=1S/C18H27N3O/c1-3-20(2)17(14-7-5-4-6-8-14)18(22)19-15-11-12-21(13-15)16-9-10-16/h4-8,15-17H,3,9-13H2,1-2H3,(H,19,22). The first-order chi connectivity index (χ1) is 10.7. The first-order valence-corrected chi connectivity index (χ1v) is 8.48. The van der Waals surface area contributed by atoms with Crippen molar-refractivity contribution in [1.29, 1.82) is 0 Å². The van der Waals surface area contributed by atoms with E-state index in [1.807, 2.05) is 37.4 Å². The summed E-state index contributed by atoms with van der Waals surface area (Å²) in [6, 6.07) is 11.0. The molecule has 4 heteroatoms. The van der Waals surface area contributed by atoms with Gasteiger partial charge in [-0.15, -0.1) is 0 Å². The maximum absolute atomic E-state index is 12.8. The number of benzene rings is 1. The highest BCUT2D eigenvalue weighted by molar-refractivity contribution is 5.83. The van der Waals surface area contributed by atoms with E-state index >= 15 is 0 Å². The highest BCUT2D eigenvalue weighted by Gasteiger charge is 2.36. The molecule has 0 bridgehead atoms. The SMILES string of the molecule is CCN(C)C(C(=O)NC1CCN(C2CC2)C1)c1ccccc1. The molecule has 1 aromatic carbocycles. The quantitative estimate of drug-likeness (QED) is 0.873. The molecule has 1 saturated carbocycles. The lowest BCUT2D eigenvalue weighted by atomic mass is 10.0. The zero-order chi connectivity index (χ0) is 15.5. The number of rotatable bonds is 6. The van der Waals surface area contributed by atoms with Crippen molar-refractivity contribution in [3.05, 3.63) is 35.9 Å². The molecule has 1 aliphatic heterocycles. The molecule has 3 rings (SSSR count). The van der Waals surface area contributed by atoms with Crippen molar-refractivity contribution >= 4 is 5.91 Å². The summed E-state index contributed by atoms with van der Waals surface area (Å²) in [6.07, 6.45) is 3.76. The first-order valence-electron chi connectivity index (χ1n) is 8.48. The number of carbonyl (C=O) groups excluding carboxylic acids is 1. The van der Waals surface area contributed by atoms with Crippen molar-refractivity contribution in [2.75, 3.05) is 26.7 Å². The van der Waals surface area contributed by atoms with Crippen molar-refractivity contribution in [3.8, 4) is 0 Å². The van der Waals surface area contributed by atoms with Crippen LogP contribution in [0.4, 0.5) is 0 Å². The Hall–Kier alpha value is -1.39. The van der Waals surface area contributed by atoms with Crippen LogP contribution in [0.15, 0.2) is 30.3 Å². The lowest BCUT2D eigenvalue weighted by Gasteiger charge is -2.28. The molecular weight excluding hydrogens is 274 g/mol. The van der Waals surface area contributed by atoms with Gasteiger partial charge in [-0.2, -0.15) is 0 Å². The Bertz CT molecular complexity index is 500. The zero-order valence-corrected chi connectivity index (χ0v) is 13.7. The fraction of sp³-hybridized carbons (Fsp3) is 0.611. The summed E-state index contributed by atoms with van der Waals surface area (Å²) in [6.45, 7) is 5.10. The Kier molecular flexibility index (Phi) is 4.79. The minimum absolute atomic E-state index is 0.137. The maximum Gasteiger partial charge on any atom is 0.242 e. The van der Waals surface area contributed by atoms with Crippen LogP contribution in [0.3, 0.4) is 0 Å². The smallest absolute Gasteiger partial charge is 0.242 e. The molecule has 1 saturated heterocycles. The van der Waals surface area contributed by atoms with E-state index in [0.717, 1.165) is 37.7 Å². The second-order valence-corrected chi connectivity index (χ2v) is 6.61. The first kappa shape index (κ1) is 15.5. The van der Waals surface area contributed by atoms with Crippen LogP contribution in [0.25, 0.3) is 0 Å². The van der Waals surface area contributed by atoms with Crippen molar-refractivity contribution in [2.24, 2.45) is 0 Å². The van der Waals surface area contributed by atoms with Gasteiger partial charge in [-0.05, 0) is 38.4 Å². The van der Waals surface area contributed by atoms with Crippen molar-refractivity contribution in [2.45, 2.75) is 44.3 Å². The molecule has 2 atom stereocenters. The van der Waals surface area contributed by atoms with E-state index in [2.05, 4.69) is 22.0 Å². The molecule has 0 radical (unpaired) electrons. The number of likely N-dealkylation sites (tertiary alicyclic amines) is 1. The summed E-state index contributed by atoms with van der Waals surface area (Å²) >= 11 is 0. The number of nitrogens with zero attached hydrogens (tertiary/aromatic N) is 2. The van der Waals surface area contributed by atoms with Crippen LogP contribution in [0, 0.1) is 0 Å². The van der Waals surface area contributed by atoms with E-state index < -0.39 is 0 Å². The Morgan fingerprint density at radius 2 is 2.05 bits per heavy atom. The topological polar surface area (TPSA) is 35.6 Å². The molecule has 0 spiro atoms. The molecule has 0 aromatic heterocycles. The fourth-order valence-electron chi connectivity index (χ4n) is 3.38. The highest BCUT2D eigenvalue weighted by Crippen LogP contribution is 2.30. The van der Waals surface area contributed by atoms with Gasteiger partial charge in [-0.1, -0.05) is 37.3 Å². The molecule has 1 aromatic rings. The van der Waals surface area contributed by atoms with Crippen molar-refractivity contribution in [1.82, 2.24) is 15.1 Å². The summed E-state index contributed by atoms with van der Waals surface area (Å²) in [5.74, 6) is 0.137. The summed E-state index contributed by atoms with van der Waals surface area (Å²) in [5.41, 5.74) is 1.07. The Labute approximate surface area is 133 Å². The van der Waals surface area contributed by atoms with Gasteiger partial charge in [0.1, 0.15) is 6.04 Å². The second kappa shape index (κ2) is 6.80. The van der Waals surface area contributed by atoms with Gasteiger partial charge in [0.15, 0.2) is 0 Å². The molecular formula is C18H27N3O. The predicted molar refractivity (Wildman–Crippen MR) is 88.6 cm³/mol. The molecule has 2 fully saturated rings. The minimum Gasteiger partial charge on any atom is -0.350 e. The molecule has 22 heavy (non-hydrogen) atoms. The van der Waals surface area contributed by atoms with Crippen LogP contribution in [0.5, 0.6) is 0 Å². The number of hydrogen-bond donors (Lipinski definition) is 1. The number of likely N-dealkylation sites (N-methyl/N-ethyl adjacent to an activating group) is 1. The molecule has 1 heterocycles. The maximum atomic E-state index is 12.8. The number of carbonyl (C=O) groups is 1. The third kappa shape index (κ3) is 3.50. The summed E-state index contributed by atoms with van der Waals surface area (Å²) < 4.78 is 0. The Morgan fingerprint density at radius 1 is 1.32 bits per heavy atom. The van der Waals surface area contributed by atoms with E-state index in [1.54, 1.807) is 0 Å². The Morgan fingerprint density at radius 3 is 2.68 bits per heavy atom. The second-order valence-electron chi connectivity index (χ2n) is 6.61. The van der Waals surface area contributed by atoms with Gasteiger partial charge in [0.05, 0.1) is 0 Å². The van der Waals surface area contributed by atoms with Crippen LogP contribution >= 0.6 is 0 Å². The minimum atomic E-state index is -0.193. The number of nitrogens with one attached hydrogen (secondary N) is 1. The molecule has 2 aliphatic rings. The van der Waals surface area contributed by atoms with E-state index in [0.29, 0.717) is 6.04 Å². The zero-order valence-electron chi connectivity index (χ0n) is 13.7. The van der Waals surface area contributed by atoms with Crippen molar-refractivity contribution in [3.63, 3.8) is 0 Å². The average molecular weight is 301 g/mol. The molecule has 2 unspecified atom stereocenters. The largest absolute Gasteiger partial charge is 0.350 e. The van der Waals surface area contributed by atoms with Crippen molar-refractivity contribution < 1.29 is 4.79 Å². The molecule has 1 amide bonds. The highest BCUT2D eigenvalue weighted by atomic mass is 16.2. The monoisotopic (exact) mass is 301 g/mol. The third-order valence-corrected chi connectivity index (χ3v) is 4.93. The molecule has 1 aliphatic carbocycles. The van der Waals surface area contributed by atoms with Gasteiger partial charge < -0.3 is 5.32 Å². The van der Waals surface area contributed by atoms with Crippen LogP contribution < -0.4 is 5.32 Å². The lowest BCUT2D eigenvalue weighted by Crippen LogP contribution is -2.44. The van der Waals surface area contributed by atoms with Crippen LogP contribution in [-0.4, -0.2) is 54.5 Å². The molecule has 120 valence electrons. The molecule has 4 nitrogen and oxygen atoms in total. The molecule has 1 N–H and O–H groups in total. The van der Waals surface area contributed by atoms with E-state index in [-0.39, 0.29) is 11.9 Å². The number of amides is 1. The van der Waals surface area contributed by atoms with Gasteiger partial charge in [0.25, 0.3) is 0 Å². The average Bonchev–Trinajstić information content (AvgIpc) is 3.29. The van der Waals surface area contributed by atoms with E-state index in [9.17, 15) is 4.79 Å². The fourth-order valence-corrected chi connectivity index (χ4v) is 3.38. The van der Waals surface area contributed by atoms with Gasteiger partial charge >= 0.3 is 0 Å².